The molecule has 1 N–H and O–H groups in total. The van der Waals surface area contributed by atoms with Crippen molar-refractivity contribution < 1.29 is 14.6 Å². The summed E-state index contributed by atoms with van der Waals surface area (Å²) in [7, 11) is 1.44. The number of nitrogens with zero attached hydrogens (tertiary/aromatic N) is 1. The molecule has 0 aliphatic carbocycles. The maximum Gasteiger partial charge on any atom is 0.358 e. The Labute approximate surface area is 95.3 Å². The zero-order valence-corrected chi connectivity index (χ0v) is 9.69. The van der Waals surface area contributed by atoms with Crippen LogP contribution in [0.25, 0.3) is 0 Å². The predicted molar refractivity (Wildman–Crippen MR) is 61.0 cm³/mol. The molecule has 0 atom stereocenters. The average molecular weight is 223 g/mol. The van der Waals surface area contributed by atoms with Crippen molar-refractivity contribution in [1.29, 1.82) is 0 Å². The summed E-state index contributed by atoms with van der Waals surface area (Å²) in [6.45, 7) is 2.13. The summed E-state index contributed by atoms with van der Waals surface area (Å²) in [5.74, 6) is -0.735. The van der Waals surface area contributed by atoms with Gasteiger partial charge in [-0.1, -0.05) is 19.8 Å². The SMILES string of the molecule is CCCCCc1ccc(OC)c(C(=O)O)n1. The number of hydrogen-bond donors (Lipinski definition) is 1. The molecule has 0 bridgehead atoms. The van der Waals surface area contributed by atoms with Crippen LogP contribution < -0.4 is 4.74 Å². The first-order chi connectivity index (χ1) is 7.69. The third kappa shape index (κ3) is 3.22. The van der Waals surface area contributed by atoms with Crippen LogP contribution in [0.3, 0.4) is 0 Å². The van der Waals surface area contributed by atoms with Crippen molar-refractivity contribution in [2.75, 3.05) is 7.11 Å². The first kappa shape index (κ1) is 12.5. The summed E-state index contributed by atoms with van der Waals surface area (Å²) in [6, 6.07) is 3.48. The number of aromatic carboxylic acids is 1. The largest absolute Gasteiger partial charge is 0.494 e. The number of rotatable bonds is 6. The molecule has 0 saturated carbocycles. The number of aromatic nitrogens is 1. The fraction of sp³-hybridized carbons (Fsp3) is 0.500. The van der Waals surface area contributed by atoms with Gasteiger partial charge in [-0.15, -0.1) is 0 Å². The Bertz CT molecular complexity index is 363. The van der Waals surface area contributed by atoms with Gasteiger partial charge in [0.1, 0.15) is 0 Å². The number of pyridine rings is 1. The fourth-order valence-electron chi connectivity index (χ4n) is 1.50. The minimum atomic E-state index is -1.05. The van der Waals surface area contributed by atoms with Gasteiger partial charge < -0.3 is 9.84 Å². The van der Waals surface area contributed by atoms with Crippen LogP contribution in [0, 0.1) is 0 Å². The molecule has 1 aromatic heterocycles. The summed E-state index contributed by atoms with van der Waals surface area (Å²) in [6.07, 6.45) is 4.13. The van der Waals surface area contributed by atoms with E-state index in [2.05, 4.69) is 11.9 Å². The summed E-state index contributed by atoms with van der Waals surface area (Å²) in [5.41, 5.74) is 0.808. The lowest BCUT2D eigenvalue weighted by atomic mass is 10.1. The number of unbranched alkanes of at least 4 members (excludes halogenated alkanes) is 2. The van der Waals surface area contributed by atoms with E-state index in [0.29, 0.717) is 5.75 Å². The monoisotopic (exact) mass is 223 g/mol. The van der Waals surface area contributed by atoms with E-state index in [9.17, 15) is 4.79 Å². The zero-order chi connectivity index (χ0) is 12.0. The minimum absolute atomic E-state index is 0.00324. The van der Waals surface area contributed by atoms with E-state index in [1.54, 1.807) is 6.07 Å². The quantitative estimate of drug-likeness (QED) is 0.753. The Kier molecular flexibility index (Phi) is 4.76. The van der Waals surface area contributed by atoms with Crippen LogP contribution >= 0.6 is 0 Å². The maximum absolute atomic E-state index is 10.9. The van der Waals surface area contributed by atoms with E-state index in [1.807, 2.05) is 6.07 Å². The molecule has 0 aromatic carbocycles. The van der Waals surface area contributed by atoms with E-state index in [4.69, 9.17) is 9.84 Å². The molecule has 1 aromatic rings. The second-order valence-corrected chi connectivity index (χ2v) is 3.62. The van der Waals surface area contributed by atoms with Gasteiger partial charge in [0.25, 0.3) is 0 Å². The highest BCUT2D eigenvalue weighted by atomic mass is 16.5. The second-order valence-electron chi connectivity index (χ2n) is 3.62. The maximum atomic E-state index is 10.9. The van der Waals surface area contributed by atoms with Gasteiger partial charge in [0.05, 0.1) is 7.11 Å². The van der Waals surface area contributed by atoms with Crippen molar-refractivity contribution in [2.24, 2.45) is 0 Å². The number of hydrogen-bond acceptors (Lipinski definition) is 3. The van der Waals surface area contributed by atoms with Crippen LogP contribution in [0.1, 0.15) is 42.4 Å². The van der Waals surface area contributed by atoms with E-state index >= 15 is 0 Å². The van der Waals surface area contributed by atoms with Crippen LogP contribution in [0.15, 0.2) is 12.1 Å². The Morgan fingerprint density at radius 3 is 2.75 bits per heavy atom. The normalized spacial score (nSPS) is 10.1. The molecule has 4 nitrogen and oxygen atoms in total. The van der Waals surface area contributed by atoms with Crippen molar-refractivity contribution in [1.82, 2.24) is 4.98 Å². The van der Waals surface area contributed by atoms with E-state index < -0.39 is 5.97 Å². The second kappa shape index (κ2) is 6.10. The van der Waals surface area contributed by atoms with Gasteiger partial charge >= 0.3 is 5.97 Å². The van der Waals surface area contributed by atoms with Gasteiger partial charge in [0, 0.05) is 5.69 Å². The molecule has 0 aliphatic rings. The molecular formula is C12H17NO3. The van der Waals surface area contributed by atoms with Crippen LogP contribution in [-0.4, -0.2) is 23.2 Å². The van der Waals surface area contributed by atoms with E-state index in [0.717, 1.165) is 31.4 Å². The van der Waals surface area contributed by atoms with Crippen molar-refractivity contribution in [3.05, 3.63) is 23.5 Å². The molecule has 0 aliphatic heterocycles. The molecular weight excluding hydrogens is 206 g/mol. The van der Waals surface area contributed by atoms with Gasteiger partial charge in [0.2, 0.25) is 0 Å². The highest BCUT2D eigenvalue weighted by Gasteiger charge is 2.13. The van der Waals surface area contributed by atoms with Crippen LogP contribution in [-0.2, 0) is 6.42 Å². The zero-order valence-electron chi connectivity index (χ0n) is 9.69. The third-order valence-corrected chi connectivity index (χ3v) is 2.37. The highest BCUT2D eigenvalue weighted by Crippen LogP contribution is 2.17. The smallest absolute Gasteiger partial charge is 0.358 e. The Morgan fingerprint density at radius 1 is 1.44 bits per heavy atom. The molecule has 0 saturated heterocycles. The molecule has 0 amide bonds. The van der Waals surface area contributed by atoms with Crippen molar-refractivity contribution in [3.8, 4) is 5.75 Å². The van der Waals surface area contributed by atoms with Gasteiger partial charge in [-0.3, -0.25) is 0 Å². The summed E-state index contributed by atoms with van der Waals surface area (Å²) in [5, 5.41) is 8.95. The van der Waals surface area contributed by atoms with Crippen LogP contribution in [0.4, 0.5) is 0 Å². The van der Waals surface area contributed by atoms with Crippen molar-refractivity contribution >= 4 is 5.97 Å². The number of ether oxygens (including phenoxy) is 1. The highest BCUT2D eigenvalue weighted by molar-refractivity contribution is 5.88. The average Bonchev–Trinajstić information content (AvgIpc) is 2.29. The molecule has 0 fully saturated rings. The van der Waals surface area contributed by atoms with Gasteiger partial charge in [-0.25, -0.2) is 9.78 Å². The first-order valence-corrected chi connectivity index (χ1v) is 5.46. The molecule has 0 spiro atoms. The van der Waals surface area contributed by atoms with Crippen LogP contribution in [0.5, 0.6) is 5.75 Å². The number of carbonyl (C=O) groups is 1. The molecule has 16 heavy (non-hydrogen) atoms. The lowest BCUT2D eigenvalue weighted by Gasteiger charge is -2.06. The predicted octanol–water partition coefficient (Wildman–Crippen LogP) is 2.52. The number of methoxy groups -OCH3 is 1. The third-order valence-electron chi connectivity index (χ3n) is 2.37. The summed E-state index contributed by atoms with van der Waals surface area (Å²) >= 11 is 0. The Morgan fingerprint density at radius 2 is 2.19 bits per heavy atom. The van der Waals surface area contributed by atoms with E-state index in [-0.39, 0.29) is 5.69 Å². The summed E-state index contributed by atoms with van der Waals surface area (Å²) in [4.78, 5) is 15.0. The van der Waals surface area contributed by atoms with Gasteiger partial charge in [-0.05, 0) is 25.0 Å². The Balaban J connectivity index is 2.81. The lowest BCUT2D eigenvalue weighted by Crippen LogP contribution is -2.06. The standard InChI is InChI=1S/C12H17NO3/c1-3-4-5-6-9-7-8-10(16-2)11(13-9)12(14)15/h7-8H,3-6H2,1-2H3,(H,14,15). The van der Waals surface area contributed by atoms with Crippen LogP contribution in [0.2, 0.25) is 0 Å². The lowest BCUT2D eigenvalue weighted by molar-refractivity contribution is 0.0686. The molecule has 4 heteroatoms. The molecule has 0 radical (unpaired) electrons. The number of carboxylic acid groups (broad SMARTS) is 1. The Hall–Kier alpha value is -1.58. The molecule has 1 rings (SSSR count). The fourth-order valence-corrected chi connectivity index (χ4v) is 1.50. The first-order valence-electron chi connectivity index (χ1n) is 5.46. The molecule has 0 unspecified atom stereocenters. The summed E-state index contributed by atoms with van der Waals surface area (Å²) < 4.78 is 4.94. The topological polar surface area (TPSA) is 59.4 Å². The van der Waals surface area contributed by atoms with Crippen molar-refractivity contribution in [3.63, 3.8) is 0 Å². The number of carboxylic acids is 1. The molecule has 1 heterocycles. The van der Waals surface area contributed by atoms with E-state index in [1.165, 1.54) is 7.11 Å². The minimum Gasteiger partial charge on any atom is -0.494 e. The van der Waals surface area contributed by atoms with Gasteiger partial charge in [-0.2, -0.15) is 0 Å². The van der Waals surface area contributed by atoms with Crippen molar-refractivity contribution in [2.45, 2.75) is 32.6 Å². The van der Waals surface area contributed by atoms with Gasteiger partial charge in [0.15, 0.2) is 11.4 Å². The molecule has 88 valence electrons. The number of aryl methyl sites for hydroxylation is 1.